The molecule has 8 heteroatoms. The molecular formula is C31H34F2N2O4. The van der Waals surface area contributed by atoms with Gasteiger partial charge in [0, 0.05) is 31.1 Å². The van der Waals surface area contributed by atoms with Gasteiger partial charge in [-0.1, -0.05) is 41.5 Å². The van der Waals surface area contributed by atoms with Gasteiger partial charge < -0.3 is 20.1 Å². The summed E-state index contributed by atoms with van der Waals surface area (Å²) in [6, 6.07) is 14.4. The monoisotopic (exact) mass is 536 g/mol. The molecule has 0 aromatic heterocycles. The summed E-state index contributed by atoms with van der Waals surface area (Å²) < 4.78 is 33.1. The van der Waals surface area contributed by atoms with Gasteiger partial charge in [0.25, 0.3) is 5.91 Å². The molecule has 0 radical (unpaired) electrons. The fourth-order valence-corrected chi connectivity index (χ4v) is 5.15. The summed E-state index contributed by atoms with van der Waals surface area (Å²) in [6.45, 7) is 5.61. The first-order valence-electron chi connectivity index (χ1n) is 13.1. The minimum absolute atomic E-state index is 0.0904. The third kappa shape index (κ3) is 7.00. The molecule has 6 nitrogen and oxygen atoms in total. The van der Waals surface area contributed by atoms with Gasteiger partial charge in [-0.2, -0.15) is 0 Å². The molecule has 0 aliphatic carbocycles. The van der Waals surface area contributed by atoms with Crippen LogP contribution < -0.4 is 10.1 Å². The summed E-state index contributed by atoms with van der Waals surface area (Å²) in [5.74, 6) is -2.80. The topological polar surface area (TPSA) is 78.9 Å². The Labute approximate surface area is 227 Å². The number of amides is 1. The first-order chi connectivity index (χ1) is 18.5. The quantitative estimate of drug-likeness (QED) is 0.376. The highest BCUT2D eigenvalue weighted by Crippen LogP contribution is 2.34. The zero-order valence-corrected chi connectivity index (χ0v) is 22.5. The Balaban J connectivity index is 1.66. The van der Waals surface area contributed by atoms with Crippen LogP contribution in [0.1, 0.15) is 57.4 Å². The molecule has 1 saturated heterocycles. The molecule has 1 amide bonds. The van der Waals surface area contributed by atoms with Crippen LogP contribution in [0.15, 0.2) is 54.6 Å². The SMILES string of the molecule is Cc1cc(C)cc(C2(NC(=O)c3cc(COc4cc(F)ccc4F)ccc3CCC(=O)O)CCN(C)CC2)c1. The highest BCUT2D eigenvalue weighted by Gasteiger charge is 2.37. The summed E-state index contributed by atoms with van der Waals surface area (Å²) in [7, 11) is 2.06. The number of aryl methyl sites for hydroxylation is 3. The Bertz CT molecular complexity index is 1350. The van der Waals surface area contributed by atoms with Crippen LogP contribution in [0.5, 0.6) is 5.75 Å². The number of benzene rings is 3. The van der Waals surface area contributed by atoms with Gasteiger partial charge in [0.2, 0.25) is 0 Å². The summed E-state index contributed by atoms with van der Waals surface area (Å²) in [6.07, 6.45) is 1.50. The van der Waals surface area contributed by atoms with Crippen LogP contribution in [0.2, 0.25) is 0 Å². The first kappa shape index (κ1) is 28.2. The Morgan fingerprint density at radius 1 is 1.00 bits per heavy atom. The second-order valence-corrected chi connectivity index (χ2v) is 10.5. The number of aliphatic carboxylic acids is 1. The number of hydrogen-bond donors (Lipinski definition) is 2. The van der Waals surface area contributed by atoms with Crippen molar-refractivity contribution >= 4 is 11.9 Å². The van der Waals surface area contributed by atoms with E-state index in [2.05, 4.69) is 35.5 Å². The van der Waals surface area contributed by atoms with Crippen molar-refractivity contribution in [2.45, 2.75) is 51.7 Å². The highest BCUT2D eigenvalue weighted by atomic mass is 19.1. The van der Waals surface area contributed by atoms with E-state index in [1.807, 2.05) is 13.8 Å². The molecule has 0 bridgehead atoms. The van der Waals surface area contributed by atoms with E-state index in [1.54, 1.807) is 18.2 Å². The molecule has 1 aliphatic rings. The maximum absolute atomic E-state index is 14.1. The second kappa shape index (κ2) is 11.9. The Morgan fingerprint density at radius 3 is 2.36 bits per heavy atom. The Morgan fingerprint density at radius 2 is 1.69 bits per heavy atom. The standard InChI is InChI=1S/C31H34F2N2O4/c1-20-14-21(2)16-24(15-20)31(10-12-35(3)13-11-31)34-30(38)26-17-22(4-5-23(26)6-9-29(36)37)19-39-28-18-25(32)7-8-27(28)33/h4-5,7-8,14-18H,6,9-13,19H2,1-3H3,(H,34,38)(H,36,37). The van der Waals surface area contributed by atoms with Gasteiger partial charge >= 0.3 is 5.97 Å². The van der Waals surface area contributed by atoms with Crippen molar-refractivity contribution < 1.29 is 28.2 Å². The molecular weight excluding hydrogens is 502 g/mol. The number of carbonyl (C=O) groups excluding carboxylic acids is 1. The molecule has 206 valence electrons. The number of carboxylic acid groups (broad SMARTS) is 1. The van der Waals surface area contributed by atoms with Gasteiger partial charge in [0.15, 0.2) is 11.6 Å². The summed E-state index contributed by atoms with van der Waals surface area (Å²) in [4.78, 5) is 27.4. The van der Waals surface area contributed by atoms with Crippen LogP contribution in [0, 0.1) is 25.5 Å². The summed E-state index contributed by atoms with van der Waals surface area (Å²) in [5, 5.41) is 12.6. The van der Waals surface area contributed by atoms with Crippen LogP contribution >= 0.6 is 0 Å². The van der Waals surface area contributed by atoms with E-state index < -0.39 is 23.1 Å². The first-order valence-corrected chi connectivity index (χ1v) is 13.1. The number of halogens is 2. The third-order valence-electron chi connectivity index (χ3n) is 7.28. The van der Waals surface area contributed by atoms with E-state index >= 15 is 0 Å². The fraction of sp³-hybridized carbons (Fsp3) is 0.355. The highest BCUT2D eigenvalue weighted by molar-refractivity contribution is 5.96. The van der Waals surface area contributed by atoms with Crippen molar-refractivity contribution in [1.29, 1.82) is 0 Å². The number of carboxylic acids is 1. The molecule has 0 unspecified atom stereocenters. The normalized spacial score (nSPS) is 15.1. The maximum Gasteiger partial charge on any atom is 0.303 e. The molecule has 1 fully saturated rings. The van der Waals surface area contributed by atoms with Crippen LogP contribution in [-0.2, 0) is 23.4 Å². The number of hydrogen-bond acceptors (Lipinski definition) is 4. The lowest BCUT2D eigenvalue weighted by Gasteiger charge is -2.42. The number of carbonyl (C=O) groups is 2. The number of likely N-dealkylation sites (tertiary alicyclic amines) is 1. The number of nitrogens with zero attached hydrogens (tertiary/aromatic N) is 1. The van der Waals surface area contributed by atoms with Gasteiger partial charge in [0.05, 0.1) is 5.54 Å². The summed E-state index contributed by atoms with van der Waals surface area (Å²) >= 11 is 0. The van der Waals surface area contributed by atoms with E-state index in [-0.39, 0.29) is 31.1 Å². The predicted octanol–water partition coefficient (Wildman–Crippen LogP) is 5.53. The molecule has 1 heterocycles. The van der Waals surface area contributed by atoms with Crippen LogP contribution in [0.25, 0.3) is 0 Å². The molecule has 0 saturated carbocycles. The van der Waals surface area contributed by atoms with Crippen molar-refractivity contribution in [3.8, 4) is 5.75 Å². The van der Waals surface area contributed by atoms with Gasteiger partial charge in [-0.15, -0.1) is 0 Å². The van der Waals surface area contributed by atoms with Crippen molar-refractivity contribution in [3.63, 3.8) is 0 Å². The predicted molar refractivity (Wildman–Crippen MR) is 145 cm³/mol. The van der Waals surface area contributed by atoms with E-state index in [4.69, 9.17) is 4.74 Å². The van der Waals surface area contributed by atoms with E-state index in [9.17, 15) is 23.5 Å². The van der Waals surface area contributed by atoms with Gasteiger partial charge in [-0.05, 0) is 75.0 Å². The summed E-state index contributed by atoms with van der Waals surface area (Å²) in [5.41, 5.74) is 4.22. The fourth-order valence-electron chi connectivity index (χ4n) is 5.15. The average molecular weight is 537 g/mol. The zero-order valence-electron chi connectivity index (χ0n) is 22.5. The molecule has 39 heavy (non-hydrogen) atoms. The molecule has 3 aromatic rings. The third-order valence-corrected chi connectivity index (χ3v) is 7.28. The molecule has 0 spiro atoms. The van der Waals surface area contributed by atoms with Gasteiger partial charge in [-0.3, -0.25) is 9.59 Å². The molecule has 3 aromatic carbocycles. The number of ether oxygens (including phenoxy) is 1. The lowest BCUT2D eigenvalue weighted by Crippen LogP contribution is -2.52. The van der Waals surface area contributed by atoms with Gasteiger partial charge in [-0.25, -0.2) is 8.78 Å². The molecule has 2 N–H and O–H groups in total. The molecule has 0 atom stereocenters. The lowest BCUT2D eigenvalue weighted by atomic mass is 9.79. The number of rotatable bonds is 9. The van der Waals surface area contributed by atoms with Crippen LogP contribution in [0.4, 0.5) is 8.78 Å². The Kier molecular flexibility index (Phi) is 8.65. The van der Waals surface area contributed by atoms with Crippen LogP contribution in [-0.4, -0.2) is 42.0 Å². The Hall–Kier alpha value is -3.78. The average Bonchev–Trinajstić information content (AvgIpc) is 2.89. The van der Waals surface area contributed by atoms with E-state index in [1.165, 1.54) is 0 Å². The van der Waals surface area contributed by atoms with Crippen molar-refractivity contribution in [2.24, 2.45) is 0 Å². The second-order valence-electron chi connectivity index (χ2n) is 10.5. The lowest BCUT2D eigenvalue weighted by molar-refractivity contribution is -0.136. The number of piperidine rings is 1. The van der Waals surface area contributed by atoms with Gasteiger partial charge in [0.1, 0.15) is 12.4 Å². The van der Waals surface area contributed by atoms with Crippen molar-refractivity contribution in [1.82, 2.24) is 10.2 Å². The minimum Gasteiger partial charge on any atom is -0.486 e. The smallest absolute Gasteiger partial charge is 0.303 e. The van der Waals surface area contributed by atoms with E-state index in [0.717, 1.165) is 60.8 Å². The molecule has 4 rings (SSSR count). The largest absolute Gasteiger partial charge is 0.486 e. The zero-order chi connectivity index (χ0) is 28.2. The molecule has 1 aliphatic heterocycles. The minimum atomic E-state index is -0.961. The van der Waals surface area contributed by atoms with Crippen molar-refractivity contribution in [3.05, 3.63) is 99.6 Å². The van der Waals surface area contributed by atoms with Crippen molar-refractivity contribution in [2.75, 3.05) is 20.1 Å². The number of nitrogens with one attached hydrogen (secondary N) is 1. The van der Waals surface area contributed by atoms with Crippen LogP contribution in [0.3, 0.4) is 0 Å². The maximum atomic E-state index is 14.1. The van der Waals surface area contributed by atoms with E-state index in [0.29, 0.717) is 16.7 Å².